The highest BCUT2D eigenvalue weighted by Crippen LogP contribution is 2.15. The summed E-state index contributed by atoms with van der Waals surface area (Å²) in [5, 5.41) is 4.36. The Morgan fingerprint density at radius 3 is 2.30 bits per heavy atom. The van der Waals surface area contributed by atoms with E-state index in [4.69, 9.17) is 0 Å². The topological polar surface area (TPSA) is 51.2 Å². The number of nitrogens with zero attached hydrogens (tertiary/aromatic N) is 4. The minimum Gasteiger partial charge on any atom is -0.369 e. The molecule has 0 unspecified atom stereocenters. The Hall–Kier alpha value is -1.92. The molecule has 0 atom stereocenters. The van der Waals surface area contributed by atoms with Gasteiger partial charge in [0.1, 0.15) is 0 Å². The summed E-state index contributed by atoms with van der Waals surface area (Å²) in [6.07, 6.45) is 3.66. The van der Waals surface area contributed by atoms with Crippen LogP contribution in [0, 0.1) is 0 Å². The Bertz CT molecular complexity index is 600. The van der Waals surface area contributed by atoms with Gasteiger partial charge in [-0.2, -0.15) is 5.10 Å². The molecule has 0 aromatic heterocycles. The highest BCUT2D eigenvalue weighted by molar-refractivity contribution is 5.87. The van der Waals surface area contributed by atoms with E-state index in [1.54, 1.807) is 0 Å². The number of piperidine rings is 1. The van der Waals surface area contributed by atoms with E-state index in [1.165, 1.54) is 12.1 Å². The van der Waals surface area contributed by atoms with E-state index < -0.39 is 0 Å². The fourth-order valence-electron chi connectivity index (χ4n) is 3.79. The summed E-state index contributed by atoms with van der Waals surface area (Å²) < 4.78 is 0. The lowest BCUT2D eigenvalue weighted by molar-refractivity contribution is -0.121. The van der Waals surface area contributed by atoms with Crippen molar-refractivity contribution in [3.05, 3.63) is 30.3 Å². The standard InChI is InChI=1S/C21H33N5O/c1-2-11-24-12-8-19(9-13-24)22-23-21(27)10-14-25-15-17-26(18-16-25)20-6-4-3-5-7-20/h3-7H,2,8-18H2,1H3,(H,23,27). The van der Waals surface area contributed by atoms with Crippen LogP contribution in [0.4, 0.5) is 5.69 Å². The van der Waals surface area contributed by atoms with Gasteiger partial charge in [0, 0.05) is 76.5 Å². The van der Waals surface area contributed by atoms with Crippen LogP contribution in [0.3, 0.4) is 0 Å². The Balaban J connectivity index is 1.32. The number of carbonyl (C=O) groups is 1. The smallest absolute Gasteiger partial charge is 0.241 e. The number of carbonyl (C=O) groups excluding carboxylic acids is 1. The van der Waals surface area contributed by atoms with E-state index in [9.17, 15) is 4.79 Å². The van der Waals surface area contributed by atoms with Crippen LogP contribution in [0.2, 0.25) is 0 Å². The molecule has 0 bridgehead atoms. The van der Waals surface area contributed by atoms with Crippen molar-refractivity contribution in [1.82, 2.24) is 15.2 Å². The maximum atomic E-state index is 12.1. The van der Waals surface area contributed by atoms with Crippen molar-refractivity contribution in [2.75, 3.05) is 57.3 Å². The van der Waals surface area contributed by atoms with Gasteiger partial charge < -0.3 is 9.80 Å². The first-order valence-electron chi connectivity index (χ1n) is 10.3. The molecule has 0 spiro atoms. The van der Waals surface area contributed by atoms with Crippen molar-refractivity contribution in [2.45, 2.75) is 32.6 Å². The largest absolute Gasteiger partial charge is 0.369 e. The molecule has 148 valence electrons. The number of para-hydroxylation sites is 1. The highest BCUT2D eigenvalue weighted by Gasteiger charge is 2.18. The lowest BCUT2D eigenvalue weighted by atomic mass is 10.1. The number of likely N-dealkylation sites (tertiary alicyclic amines) is 1. The van der Waals surface area contributed by atoms with Crippen LogP contribution in [0.25, 0.3) is 0 Å². The summed E-state index contributed by atoms with van der Waals surface area (Å²) in [6.45, 7) is 10.4. The van der Waals surface area contributed by atoms with Crippen molar-refractivity contribution >= 4 is 17.3 Å². The molecule has 27 heavy (non-hydrogen) atoms. The minimum atomic E-state index is 0.0315. The van der Waals surface area contributed by atoms with Gasteiger partial charge in [-0.05, 0) is 25.1 Å². The number of amides is 1. The van der Waals surface area contributed by atoms with E-state index in [-0.39, 0.29) is 5.91 Å². The molecule has 1 N–H and O–H groups in total. The maximum absolute atomic E-state index is 12.1. The average molecular weight is 372 g/mol. The first-order chi connectivity index (χ1) is 13.2. The van der Waals surface area contributed by atoms with Crippen LogP contribution in [-0.2, 0) is 4.79 Å². The molecular weight excluding hydrogens is 338 g/mol. The molecule has 2 fully saturated rings. The molecule has 2 aliphatic rings. The van der Waals surface area contributed by atoms with Crippen molar-refractivity contribution in [2.24, 2.45) is 5.10 Å². The molecule has 0 radical (unpaired) electrons. The zero-order valence-electron chi connectivity index (χ0n) is 16.6. The Morgan fingerprint density at radius 1 is 0.963 bits per heavy atom. The summed E-state index contributed by atoms with van der Waals surface area (Å²) in [4.78, 5) is 19.4. The zero-order chi connectivity index (χ0) is 18.9. The molecule has 6 heteroatoms. The number of benzene rings is 1. The van der Waals surface area contributed by atoms with E-state index in [0.717, 1.165) is 70.9 Å². The number of nitrogens with one attached hydrogen (secondary N) is 1. The van der Waals surface area contributed by atoms with Crippen LogP contribution in [-0.4, -0.2) is 73.8 Å². The Kier molecular flexibility index (Phi) is 7.66. The number of piperazine rings is 1. The SMILES string of the molecule is CCCN1CCC(=NNC(=O)CCN2CCN(c3ccccc3)CC2)CC1. The van der Waals surface area contributed by atoms with Crippen molar-refractivity contribution in [3.63, 3.8) is 0 Å². The van der Waals surface area contributed by atoms with Crippen LogP contribution in [0.5, 0.6) is 0 Å². The van der Waals surface area contributed by atoms with E-state index in [1.807, 2.05) is 0 Å². The summed E-state index contributed by atoms with van der Waals surface area (Å²) in [5.41, 5.74) is 5.19. The summed E-state index contributed by atoms with van der Waals surface area (Å²) in [6, 6.07) is 10.5. The second-order valence-electron chi connectivity index (χ2n) is 7.47. The quantitative estimate of drug-likeness (QED) is 0.747. The summed E-state index contributed by atoms with van der Waals surface area (Å²) >= 11 is 0. The van der Waals surface area contributed by atoms with Crippen LogP contribution in [0.1, 0.15) is 32.6 Å². The highest BCUT2D eigenvalue weighted by atomic mass is 16.2. The van der Waals surface area contributed by atoms with Gasteiger partial charge in [-0.15, -0.1) is 0 Å². The maximum Gasteiger partial charge on any atom is 0.241 e. The van der Waals surface area contributed by atoms with Crippen molar-refractivity contribution < 1.29 is 4.79 Å². The van der Waals surface area contributed by atoms with Crippen molar-refractivity contribution in [3.8, 4) is 0 Å². The first kappa shape index (κ1) is 19.8. The molecule has 2 heterocycles. The molecule has 6 nitrogen and oxygen atoms in total. The molecule has 0 saturated carbocycles. The predicted molar refractivity (Wildman–Crippen MR) is 111 cm³/mol. The Morgan fingerprint density at radius 2 is 1.63 bits per heavy atom. The van der Waals surface area contributed by atoms with E-state index >= 15 is 0 Å². The van der Waals surface area contributed by atoms with Gasteiger partial charge in [0.05, 0.1) is 0 Å². The average Bonchev–Trinajstić information content (AvgIpc) is 2.73. The third kappa shape index (κ3) is 6.33. The molecule has 1 aromatic rings. The molecule has 1 aromatic carbocycles. The second kappa shape index (κ2) is 10.4. The van der Waals surface area contributed by atoms with Gasteiger partial charge in [0.2, 0.25) is 5.91 Å². The number of anilines is 1. The molecule has 2 saturated heterocycles. The molecule has 1 amide bonds. The minimum absolute atomic E-state index is 0.0315. The lowest BCUT2D eigenvalue weighted by Gasteiger charge is -2.36. The number of hydrogen-bond donors (Lipinski definition) is 1. The normalized spacial score (nSPS) is 19.1. The van der Waals surface area contributed by atoms with Crippen molar-refractivity contribution in [1.29, 1.82) is 0 Å². The van der Waals surface area contributed by atoms with Gasteiger partial charge in [-0.3, -0.25) is 9.69 Å². The number of hydrazone groups is 1. The van der Waals surface area contributed by atoms with Crippen LogP contribution in [0.15, 0.2) is 35.4 Å². The summed E-state index contributed by atoms with van der Waals surface area (Å²) in [5.74, 6) is 0.0315. The number of hydrogen-bond acceptors (Lipinski definition) is 5. The molecule has 2 aliphatic heterocycles. The van der Waals surface area contributed by atoms with Gasteiger partial charge >= 0.3 is 0 Å². The zero-order valence-corrected chi connectivity index (χ0v) is 16.6. The van der Waals surface area contributed by atoms with E-state index in [2.05, 4.69) is 62.5 Å². The van der Waals surface area contributed by atoms with Crippen LogP contribution < -0.4 is 10.3 Å². The van der Waals surface area contributed by atoms with Gasteiger partial charge in [-0.25, -0.2) is 5.43 Å². The molecular formula is C21H33N5O. The third-order valence-electron chi connectivity index (χ3n) is 5.46. The lowest BCUT2D eigenvalue weighted by Crippen LogP contribution is -2.47. The fraction of sp³-hybridized carbons (Fsp3) is 0.619. The van der Waals surface area contributed by atoms with Crippen LogP contribution >= 0.6 is 0 Å². The fourth-order valence-corrected chi connectivity index (χ4v) is 3.79. The van der Waals surface area contributed by atoms with Gasteiger partial charge in [-0.1, -0.05) is 25.1 Å². The van der Waals surface area contributed by atoms with Gasteiger partial charge in [0.25, 0.3) is 0 Å². The third-order valence-corrected chi connectivity index (χ3v) is 5.46. The van der Waals surface area contributed by atoms with E-state index in [0.29, 0.717) is 6.42 Å². The molecule has 3 rings (SSSR count). The number of rotatable bonds is 7. The Labute approximate surface area is 163 Å². The monoisotopic (exact) mass is 371 g/mol. The second-order valence-corrected chi connectivity index (χ2v) is 7.47. The predicted octanol–water partition coefficient (Wildman–Crippen LogP) is 2.18. The van der Waals surface area contributed by atoms with Gasteiger partial charge in [0.15, 0.2) is 0 Å². The first-order valence-corrected chi connectivity index (χ1v) is 10.3. The summed E-state index contributed by atoms with van der Waals surface area (Å²) in [7, 11) is 0. The molecule has 0 aliphatic carbocycles.